The number of anilines is 3. The Morgan fingerprint density at radius 1 is 1.23 bits per heavy atom. The molecule has 1 heterocycles. The third-order valence-electron chi connectivity index (χ3n) is 5.24. The van der Waals surface area contributed by atoms with E-state index in [-0.39, 0.29) is 11.8 Å². The summed E-state index contributed by atoms with van der Waals surface area (Å²) in [7, 11) is 5.49. The van der Waals surface area contributed by atoms with E-state index in [0.29, 0.717) is 46.4 Å². The largest absolute Gasteiger partial charge is 0.495 e. The van der Waals surface area contributed by atoms with E-state index in [4.69, 9.17) is 16.3 Å². The van der Waals surface area contributed by atoms with Gasteiger partial charge in [-0.15, -0.1) is 0 Å². The number of benzene rings is 1. The van der Waals surface area contributed by atoms with Crippen LogP contribution in [0.15, 0.2) is 24.4 Å². The number of likely N-dealkylation sites (N-methyl/N-ethyl adjacent to an activating group) is 1. The highest BCUT2D eigenvalue weighted by Crippen LogP contribution is 2.30. The summed E-state index contributed by atoms with van der Waals surface area (Å²) in [6.45, 7) is 2.65. The third kappa shape index (κ3) is 9.96. The van der Waals surface area contributed by atoms with E-state index in [9.17, 15) is 9.59 Å². The minimum atomic E-state index is -0.333. The monoisotopic (exact) mass is 505 g/mol. The van der Waals surface area contributed by atoms with Crippen LogP contribution in [0.5, 0.6) is 5.75 Å². The Hall–Kier alpha value is -3.11. The van der Waals surface area contributed by atoms with Crippen LogP contribution in [0.3, 0.4) is 0 Å². The van der Waals surface area contributed by atoms with Gasteiger partial charge in [0.2, 0.25) is 11.9 Å². The summed E-state index contributed by atoms with van der Waals surface area (Å²) in [4.78, 5) is 32.4. The Kier molecular flexibility index (Phi) is 11.5. The van der Waals surface area contributed by atoms with Gasteiger partial charge < -0.3 is 31.3 Å². The molecule has 0 bridgehead atoms. The van der Waals surface area contributed by atoms with Crippen molar-refractivity contribution in [2.45, 2.75) is 45.1 Å². The topological polar surface area (TPSA) is 134 Å². The molecule has 0 unspecified atom stereocenters. The Balaban J connectivity index is 0.00000100. The molecule has 35 heavy (non-hydrogen) atoms. The van der Waals surface area contributed by atoms with E-state index >= 15 is 0 Å². The molecule has 3 rings (SSSR count). The molecule has 1 fully saturated rings. The van der Waals surface area contributed by atoms with Gasteiger partial charge in [0, 0.05) is 31.6 Å². The van der Waals surface area contributed by atoms with Crippen molar-refractivity contribution in [2.75, 3.05) is 44.9 Å². The highest BCUT2D eigenvalue weighted by Gasteiger charge is 2.17. The molecule has 5 N–H and O–H groups in total. The summed E-state index contributed by atoms with van der Waals surface area (Å²) in [6.07, 6.45) is 7.55. The van der Waals surface area contributed by atoms with Crippen LogP contribution in [0.4, 0.5) is 17.5 Å². The fraction of sp³-hybridized carbons (Fsp3) is 0.500. The number of carbonyl (C=O) groups is 2. The number of nitrogens with two attached hydrogens (primary N) is 1. The predicted molar refractivity (Wildman–Crippen MR) is 140 cm³/mol. The maximum atomic E-state index is 12.4. The number of nitrogens with zero attached hydrogens (tertiary/aromatic N) is 3. The molecule has 11 heteroatoms. The lowest BCUT2D eigenvalue weighted by Gasteiger charge is -2.23. The Morgan fingerprint density at radius 3 is 2.54 bits per heavy atom. The van der Waals surface area contributed by atoms with Gasteiger partial charge in [-0.1, -0.05) is 30.9 Å². The van der Waals surface area contributed by atoms with Crippen molar-refractivity contribution in [3.05, 3.63) is 35.0 Å². The zero-order valence-electron chi connectivity index (χ0n) is 20.9. The Labute approximate surface area is 212 Å². The number of halogens is 1. The van der Waals surface area contributed by atoms with Crippen LogP contribution in [-0.2, 0) is 4.79 Å². The van der Waals surface area contributed by atoms with Crippen molar-refractivity contribution in [1.82, 2.24) is 20.2 Å². The minimum absolute atomic E-state index is 0.145. The zero-order chi connectivity index (χ0) is 25.8. The third-order valence-corrected chi connectivity index (χ3v) is 5.52. The van der Waals surface area contributed by atoms with E-state index < -0.39 is 0 Å². The van der Waals surface area contributed by atoms with E-state index in [1.807, 2.05) is 19.0 Å². The molecule has 0 radical (unpaired) electrons. The number of hydrogen-bond acceptors (Lipinski definition) is 8. The number of aromatic nitrogens is 2. The average Bonchev–Trinajstić information content (AvgIpc) is 2.81. The van der Waals surface area contributed by atoms with Gasteiger partial charge in [-0.2, -0.15) is 4.98 Å². The second kappa shape index (κ2) is 14.3. The molecule has 0 atom stereocenters. The van der Waals surface area contributed by atoms with Crippen molar-refractivity contribution in [1.29, 1.82) is 0 Å². The van der Waals surface area contributed by atoms with Gasteiger partial charge in [-0.05, 0) is 45.1 Å². The highest BCUT2D eigenvalue weighted by molar-refractivity contribution is 6.32. The molecule has 1 aromatic heterocycles. The van der Waals surface area contributed by atoms with Crippen LogP contribution in [0, 0.1) is 0 Å². The van der Waals surface area contributed by atoms with Crippen LogP contribution in [-0.4, -0.2) is 67.0 Å². The number of rotatable bonds is 9. The molecule has 192 valence electrons. The number of carbonyl (C=O) groups excluding carboxylic acids is 2. The molecule has 1 saturated carbocycles. The number of amides is 2. The summed E-state index contributed by atoms with van der Waals surface area (Å²) < 4.78 is 5.48. The molecule has 1 aromatic carbocycles. The summed E-state index contributed by atoms with van der Waals surface area (Å²) in [5.74, 6) is 1.08. The molecule has 1 aliphatic rings. The standard InChI is InChI=1S/C22H31ClN6O2.C2H5NO/c1-29(2)12-11-24-21(30)15-9-10-18(19(13-15)31-3)27-22-25-14-17(23)20(28-22)26-16-7-5-4-6-8-16;1-2(3)4/h9-10,13-14,16H,4-8,11-12H2,1-3H3,(H,24,30)(H2,25,26,27,28);1H3,(H2,3,4). The molecule has 0 saturated heterocycles. The summed E-state index contributed by atoms with van der Waals surface area (Å²) in [5.41, 5.74) is 5.66. The Bertz CT molecular complexity index is 978. The lowest BCUT2D eigenvalue weighted by Crippen LogP contribution is -2.31. The first-order valence-corrected chi connectivity index (χ1v) is 12.0. The van der Waals surface area contributed by atoms with Gasteiger partial charge in [-0.25, -0.2) is 4.98 Å². The van der Waals surface area contributed by atoms with Crippen LogP contribution >= 0.6 is 11.6 Å². The second-order valence-electron chi connectivity index (χ2n) is 8.58. The van der Waals surface area contributed by atoms with Crippen molar-refractivity contribution in [2.24, 2.45) is 5.73 Å². The first-order valence-electron chi connectivity index (χ1n) is 11.6. The maximum Gasteiger partial charge on any atom is 0.251 e. The lowest BCUT2D eigenvalue weighted by atomic mass is 9.95. The molecule has 0 spiro atoms. The minimum Gasteiger partial charge on any atom is -0.495 e. The average molecular weight is 506 g/mol. The quantitative estimate of drug-likeness (QED) is 0.407. The summed E-state index contributed by atoms with van der Waals surface area (Å²) in [5, 5.41) is 10.0. The van der Waals surface area contributed by atoms with Gasteiger partial charge in [-0.3, -0.25) is 9.59 Å². The highest BCUT2D eigenvalue weighted by atomic mass is 35.5. The van der Waals surface area contributed by atoms with Gasteiger partial charge in [0.25, 0.3) is 5.91 Å². The normalized spacial score (nSPS) is 13.4. The van der Waals surface area contributed by atoms with Crippen LogP contribution < -0.4 is 26.4 Å². The van der Waals surface area contributed by atoms with Crippen molar-refractivity contribution in [3.8, 4) is 5.75 Å². The molecule has 2 amide bonds. The van der Waals surface area contributed by atoms with E-state index in [0.717, 1.165) is 19.4 Å². The van der Waals surface area contributed by atoms with Crippen LogP contribution in [0.1, 0.15) is 49.4 Å². The van der Waals surface area contributed by atoms with Gasteiger partial charge >= 0.3 is 0 Å². The second-order valence-corrected chi connectivity index (χ2v) is 8.99. The van der Waals surface area contributed by atoms with E-state index in [1.54, 1.807) is 31.5 Å². The molecule has 2 aromatic rings. The smallest absolute Gasteiger partial charge is 0.251 e. The van der Waals surface area contributed by atoms with Crippen molar-refractivity contribution < 1.29 is 14.3 Å². The first-order chi connectivity index (χ1) is 16.7. The van der Waals surface area contributed by atoms with Crippen molar-refractivity contribution >= 4 is 40.9 Å². The van der Waals surface area contributed by atoms with Gasteiger partial charge in [0.15, 0.2) is 5.82 Å². The van der Waals surface area contributed by atoms with Gasteiger partial charge in [0.05, 0.1) is 19.0 Å². The Morgan fingerprint density at radius 2 is 1.91 bits per heavy atom. The number of hydrogen-bond donors (Lipinski definition) is 4. The molecular weight excluding hydrogens is 470 g/mol. The van der Waals surface area contributed by atoms with Gasteiger partial charge in [0.1, 0.15) is 10.8 Å². The van der Waals surface area contributed by atoms with Crippen molar-refractivity contribution in [3.63, 3.8) is 0 Å². The predicted octanol–water partition coefficient (Wildman–Crippen LogP) is 3.41. The molecule has 0 aliphatic heterocycles. The fourth-order valence-corrected chi connectivity index (χ4v) is 3.67. The fourth-order valence-electron chi connectivity index (χ4n) is 3.52. The first kappa shape index (κ1) is 28.1. The van der Waals surface area contributed by atoms with Crippen LogP contribution in [0.25, 0.3) is 0 Å². The lowest BCUT2D eigenvalue weighted by molar-refractivity contribution is -0.115. The summed E-state index contributed by atoms with van der Waals surface area (Å²) >= 11 is 6.31. The SMILES string of the molecule is CC(N)=O.COc1cc(C(=O)NCCN(C)C)ccc1Nc1ncc(Cl)c(NC2CCCCC2)n1. The number of methoxy groups -OCH3 is 1. The number of primary amides is 1. The summed E-state index contributed by atoms with van der Waals surface area (Å²) in [6, 6.07) is 5.61. The molecule has 10 nitrogen and oxygen atoms in total. The van der Waals surface area contributed by atoms with E-state index in [2.05, 4.69) is 31.7 Å². The van der Waals surface area contributed by atoms with E-state index in [1.165, 1.54) is 26.2 Å². The zero-order valence-corrected chi connectivity index (χ0v) is 21.6. The van der Waals surface area contributed by atoms with Crippen LogP contribution in [0.2, 0.25) is 5.02 Å². The molecule has 1 aliphatic carbocycles. The number of nitrogens with one attached hydrogen (secondary N) is 3. The molecular formula is C24H36ClN7O3. The maximum absolute atomic E-state index is 12.4. The number of ether oxygens (including phenoxy) is 1.